The number of nitrogens with one attached hydrogen (secondary N) is 3. The molecule has 0 spiro atoms. The second-order valence-corrected chi connectivity index (χ2v) is 25.1. The minimum atomic E-state index is -3.58. The number of carboxylic acid groups (broad SMARTS) is 2. The molecule has 7 heterocycles. The quantitative estimate of drug-likeness (QED) is 0.0331. The minimum absolute atomic E-state index is 0.824. The van der Waals surface area contributed by atoms with Crippen LogP contribution in [0.3, 0.4) is 0 Å². The van der Waals surface area contributed by atoms with E-state index in [0.29, 0.717) is 0 Å². The van der Waals surface area contributed by atoms with Crippen LogP contribution in [0.15, 0.2) is 0 Å². The molecule has 101 heavy (non-hydrogen) atoms. The van der Waals surface area contributed by atoms with Crippen molar-refractivity contribution < 1.29 is 213 Å². The van der Waals surface area contributed by atoms with E-state index in [1.165, 1.54) is 0 Å². The Morgan fingerprint density at radius 1 is 0.396 bits per heavy atom. The number of ether oxygens (including phenoxy) is 13. The maximum atomic E-state index is 13.9. The van der Waals surface area contributed by atoms with Crippen LogP contribution in [0.5, 0.6) is 0 Å². The van der Waals surface area contributed by atoms with Crippen molar-refractivity contribution in [2.45, 2.75) is 266 Å². The van der Waals surface area contributed by atoms with Crippen molar-refractivity contribution in [3.63, 3.8) is 0 Å². The number of amides is 3. The van der Waals surface area contributed by atoms with Gasteiger partial charge in [0.2, 0.25) is 17.7 Å². The molecule has 0 aromatic heterocycles. The summed E-state index contributed by atoms with van der Waals surface area (Å²) in [5, 5.41) is 281. The molecule has 0 aromatic carbocycles. The van der Waals surface area contributed by atoms with E-state index in [1.54, 1.807) is 0 Å². The molecule has 3 amide bonds. The molecule has 0 aliphatic carbocycles. The van der Waals surface area contributed by atoms with E-state index in [2.05, 4.69) is 16.0 Å². The third-order valence-electron chi connectivity index (χ3n) is 18.0. The van der Waals surface area contributed by atoms with Crippen molar-refractivity contribution in [2.75, 3.05) is 46.2 Å². The monoisotopic (exact) mass is 1480 g/mol. The van der Waals surface area contributed by atoms with Gasteiger partial charge in [0.15, 0.2) is 31.5 Å². The second kappa shape index (κ2) is 35.5. The first kappa shape index (κ1) is 84.2. The molecule has 0 saturated carbocycles. The maximum absolute atomic E-state index is 13.9. The number of aliphatic carboxylic acids is 2. The van der Waals surface area contributed by atoms with Crippen molar-refractivity contribution in [3.8, 4) is 0 Å². The zero-order valence-electron chi connectivity index (χ0n) is 53.7. The van der Waals surface area contributed by atoms with Crippen LogP contribution in [0.2, 0.25) is 0 Å². The summed E-state index contributed by atoms with van der Waals surface area (Å²) >= 11 is 0. The standard InChI is InChI=1S/C55H91N3O43/c1-13(66)56-25-16(69)4-54(52(85)86,98-41(25)28(74)18(71)6-59)100-43-32(78)23(11-64)91-50(36(43)82)95-40-27(58-15(3)68)48(89-22(10-63)31(40)77)94-39-24(12-65)92-51(37(83)45(39)101-55(53(87)88)5-17(70)26(57-14(2)67)42(99-55)29(75)19(72)7-60)96-44-35(81)38(20(73)8-61)93-47(84)46(44)97-49-34(80)33(79)30(76)21(9-62)90-49/h16-51,59-65,69-84H,4-12H2,1-3H3,(H,56,66)(H,57,67)(H,58,68)(H,85,86)(H,87,88)/t16-,17-,18+,19+,20-,21+,22+,23+,24+,25+,26+,27+,28+,29+,30+,31-,32-,33-,34+,35+,36+,37+,38+,39-,40+,41+,42+,43-,44-,45+,46-,47-,48-,49-,50-,51-,54-,55-/m0/s1. The van der Waals surface area contributed by atoms with E-state index in [-0.39, 0.29) is 0 Å². The Bertz CT molecular complexity index is 2700. The van der Waals surface area contributed by atoms with Gasteiger partial charge in [0.05, 0.1) is 70.5 Å². The fourth-order valence-corrected chi connectivity index (χ4v) is 12.8. The fraction of sp³-hybridized carbons (Fsp3) is 0.909. The summed E-state index contributed by atoms with van der Waals surface area (Å²) in [4.78, 5) is 65.2. The van der Waals surface area contributed by atoms with Gasteiger partial charge in [-0.25, -0.2) is 9.59 Å². The summed E-state index contributed by atoms with van der Waals surface area (Å²) in [6.45, 7) is -6.20. The van der Waals surface area contributed by atoms with E-state index in [4.69, 9.17) is 61.6 Å². The molecule has 0 radical (unpaired) electrons. The number of carboxylic acids is 2. The SMILES string of the molecule is CC(=O)N[C@H]1[C@H](O[C@@H]2[C@H](O[C@]3(C(=O)O)C[C@H](O)[C@@H](NC(C)=O)[C@H]([C@H](O)[C@H](O)CO)O3)[C@@H](O)[C@H](O[C@H]3[C@H](O)[C@@H]([C@@H](O)CO)O[C@H](O)[C@H]3O[C@@H]3O[C@H](CO)[C@@H](O)[C@H](O)[C@H]3O)O[C@@H]2CO)O[C@H](CO)[C@H](O)[C@@H]1O[C@@H]1O[C@H](CO)[C@H](O)[C@H](O[C@]2(C(=O)O)C[C@H](O)[C@@H](NC(C)=O)[C@H]([C@H](O)[C@H](O)CO)O2)[C@H]1O. The Labute approximate surface area is 569 Å². The van der Waals surface area contributed by atoms with E-state index < -0.39 is 321 Å². The first-order valence-electron chi connectivity index (χ1n) is 31.5. The number of carbonyl (C=O) groups is 5. The third-order valence-corrected chi connectivity index (χ3v) is 18.0. The summed E-state index contributed by atoms with van der Waals surface area (Å²) in [6.07, 6.45) is -79.6. The van der Waals surface area contributed by atoms with Gasteiger partial charge in [-0.05, 0) is 0 Å². The molecule has 46 heteroatoms. The average molecular weight is 1480 g/mol. The molecule has 0 bridgehead atoms. The van der Waals surface area contributed by atoms with Gasteiger partial charge >= 0.3 is 11.9 Å². The molecule has 7 saturated heterocycles. The average Bonchev–Trinajstić information content (AvgIpc) is 0.753. The Morgan fingerprint density at radius 2 is 0.772 bits per heavy atom. The van der Waals surface area contributed by atoms with Crippen LogP contribution >= 0.6 is 0 Å². The highest BCUT2D eigenvalue weighted by Crippen LogP contribution is 2.43. The van der Waals surface area contributed by atoms with Crippen molar-refractivity contribution in [3.05, 3.63) is 0 Å². The van der Waals surface area contributed by atoms with Gasteiger partial charge in [-0.15, -0.1) is 0 Å². The molecule has 584 valence electrons. The second-order valence-electron chi connectivity index (χ2n) is 25.1. The molecule has 7 aliphatic rings. The molecule has 0 unspecified atom stereocenters. The zero-order chi connectivity index (χ0) is 75.3. The van der Waals surface area contributed by atoms with Crippen LogP contribution in [0.25, 0.3) is 0 Å². The van der Waals surface area contributed by atoms with Gasteiger partial charge in [0.1, 0.15) is 165 Å². The molecule has 0 aromatic rings. The van der Waals surface area contributed by atoms with Crippen molar-refractivity contribution in [1.29, 1.82) is 0 Å². The van der Waals surface area contributed by atoms with Gasteiger partial charge in [0.25, 0.3) is 11.6 Å². The van der Waals surface area contributed by atoms with Crippen LogP contribution in [0, 0.1) is 0 Å². The number of hydrogen-bond donors (Lipinski definition) is 28. The van der Waals surface area contributed by atoms with Gasteiger partial charge in [-0.2, -0.15) is 0 Å². The molecule has 38 atom stereocenters. The van der Waals surface area contributed by atoms with Gasteiger partial charge in [-0.1, -0.05) is 0 Å². The van der Waals surface area contributed by atoms with Crippen LogP contribution in [0.1, 0.15) is 33.6 Å². The largest absolute Gasteiger partial charge is 0.477 e. The Morgan fingerprint density at radius 3 is 1.21 bits per heavy atom. The van der Waals surface area contributed by atoms with Crippen molar-refractivity contribution in [2.24, 2.45) is 0 Å². The highest BCUT2D eigenvalue weighted by atomic mass is 16.8. The van der Waals surface area contributed by atoms with Crippen LogP contribution in [-0.2, 0) is 85.6 Å². The van der Waals surface area contributed by atoms with Gasteiger partial charge in [0, 0.05) is 33.6 Å². The summed E-state index contributed by atoms with van der Waals surface area (Å²) < 4.78 is 75.8. The number of aliphatic hydroxyl groups is 23. The van der Waals surface area contributed by atoms with E-state index in [0.717, 1.165) is 20.8 Å². The zero-order valence-corrected chi connectivity index (χ0v) is 53.7. The summed E-state index contributed by atoms with van der Waals surface area (Å²) in [5.74, 6) is -14.4. The predicted molar refractivity (Wildman–Crippen MR) is 307 cm³/mol. The van der Waals surface area contributed by atoms with Crippen molar-refractivity contribution >= 4 is 29.7 Å². The van der Waals surface area contributed by atoms with E-state index in [9.17, 15) is 152 Å². The predicted octanol–water partition coefficient (Wildman–Crippen LogP) is -18.1. The lowest BCUT2D eigenvalue weighted by atomic mass is 9.88. The molecule has 7 fully saturated rings. The summed E-state index contributed by atoms with van der Waals surface area (Å²) in [7, 11) is 0. The lowest BCUT2D eigenvalue weighted by molar-refractivity contribution is -0.412. The summed E-state index contributed by atoms with van der Waals surface area (Å²) in [6, 6.07) is -5.88. The number of rotatable bonds is 29. The van der Waals surface area contributed by atoms with E-state index in [1.807, 2.05) is 0 Å². The Hall–Kier alpha value is -4.09. The molecule has 7 rings (SSSR count). The number of carbonyl (C=O) groups excluding carboxylic acids is 3. The fourth-order valence-electron chi connectivity index (χ4n) is 12.8. The lowest BCUT2D eigenvalue weighted by Gasteiger charge is -2.53. The molecule has 28 N–H and O–H groups in total. The summed E-state index contributed by atoms with van der Waals surface area (Å²) in [5.41, 5.74) is 0. The lowest BCUT2D eigenvalue weighted by Crippen LogP contribution is -2.73. The van der Waals surface area contributed by atoms with Crippen LogP contribution in [-0.4, -0.2) is 436 Å². The van der Waals surface area contributed by atoms with Crippen LogP contribution < -0.4 is 16.0 Å². The van der Waals surface area contributed by atoms with Gasteiger partial charge < -0.3 is 205 Å². The first-order chi connectivity index (χ1) is 47.4. The highest BCUT2D eigenvalue weighted by molar-refractivity contribution is 5.77. The number of aliphatic hydroxyl groups excluding tert-OH is 23. The molecular weight excluding hydrogens is 1390 g/mol. The maximum Gasteiger partial charge on any atom is 0.364 e. The van der Waals surface area contributed by atoms with Gasteiger partial charge in [-0.3, -0.25) is 14.4 Å². The Balaban J connectivity index is 1.32. The molecule has 7 aliphatic heterocycles. The topological polar surface area (TPSA) is 747 Å². The Kier molecular flexibility index (Phi) is 29.6. The molecular formula is C55H91N3O43. The minimum Gasteiger partial charge on any atom is -0.477 e. The highest BCUT2D eigenvalue weighted by Gasteiger charge is 2.65. The van der Waals surface area contributed by atoms with E-state index >= 15 is 0 Å². The molecule has 46 nitrogen and oxygen atoms in total. The van der Waals surface area contributed by atoms with Crippen LogP contribution in [0.4, 0.5) is 0 Å². The van der Waals surface area contributed by atoms with Crippen molar-refractivity contribution in [1.82, 2.24) is 16.0 Å². The smallest absolute Gasteiger partial charge is 0.364 e. The first-order valence-corrected chi connectivity index (χ1v) is 31.5. The normalized spacial score (nSPS) is 45.3. The third kappa shape index (κ3) is 18.1. The number of hydrogen-bond acceptors (Lipinski definition) is 41.